The van der Waals surface area contributed by atoms with Crippen LogP contribution in [0.25, 0.3) is 0 Å². The minimum atomic E-state index is -3.96. The van der Waals surface area contributed by atoms with E-state index < -0.39 is 34.1 Å². The van der Waals surface area contributed by atoms with Crippen molar-refractivity contribution in [3.63, 3.8) is 0 Å². The van der Waals surface area contributed by atoms with Crippen LogP contribution in [-0.4, -0.2) is 51.1 Å². The van der Waals surface area contributed by atoms with Gasteiger partial charge >= 0.3 is 0 Å². The van der Waals surface area contributed by atoms with Crippen LogP contribution in [0.4, 0.5) is 5.69 Å². The van der Waals surface area contributed by atoms with Gasteiger partial charge in [-0.15, -0.1) is 0 Å². The Morgan fingerprint density at radius 3 is 2.34 bits per heavy atom. The molecule has 9 nitrogen and oxygen atoms in total. The Kier molecular flexibility index (Phi) is 8.25. The first-order valence-corrected chi connectivity index (χ1v) is 13.8. The molecule has 10 heteroatoms. The number of aliphatic hydroxyl groups excluding tert-OH is 1. The molecule has 0 saturated carbocycles. The first kappa shape index (κ1) is 27.4. The van der Waals surface area contributed by atoms with Crippen LogP contribution in [-0.2, 0) is 21.2 Å². The van der Waals surface area contributed by atoms with Gasteiger partial charge in [-0.1, -0.05) is 30.3 Å². The number of nitrogens with zero attached hydrogens (tertiary/aromatic N) is 1. The van der Waals surface area contributed by atoms with E-state index in [2.05, 4.69) is 4.72 Å². The maximum Gasteiger partial charge on any atom is 0.241 e. The van der Waals surface area contributed by atoms with Crippen molar-refractivity contribution in [2.24, 2.45) is 0 Å². The molecule has 4 N–H and O–H groups in total. The summed E-state index contributed by atoms with van der Waals surface area (Å²) in [5.41, 5.74) is 8.65. The number of carbonyl (C=O) groups excluding carboxylic acids is 1. The van der Waals surface area contributed by atoms with Crippen LogP contribution < -0.4 is 19.9 Å². The van der Waals surface area contributed by atoms with Crippen molar-refractivity contribution in [1.82, 2.24) is 9.62 Å². The van der Waals surface area contributed by atoms with Gasteiger partial charge in [-0.05, 0) is 66.4 Å². The molecule has 1 aliphatic rings. The molecule has 0 bridgehead atoms. The predicted molar refractivity (Wildman–Crippen MR) is 144 cm³/mol. The van der Waals surface area contributed by atoms with Crippen molar-refractivity contribution in [2.45, 2.75) is 42.8 Å². The summed E-state index contributed by atoms with van der Waals surface area (Å²) >= 11 is 0. The number of benzene rings is 3. The van der Waals surface area contributed by atoms with E-state index in [9.17, 15) is 18.3 Å². The third kappa shape index (κ3) is 5.77. The van der Waals surface area contributed by atoms with E-state index in [4.69, 9.17) is 15.2 Å². The summed E-state index contributed by atoms with van der Waals surface area (Å²) in [4.78, 5) is 15.4. The lowest BCUT2D eigenvalue weighted by atomic mass is 9.87. The summed E-state index contributed by atoms with van der Waals surface area (Å²) in [5.74, 6) is 0.699. The van der Waals surface area contributed by atoms with Gasteiger partial charge in [0.15, 0.2) is 11.5 Å². The molecule has 202 valence electrons. The Morgan fingerprint density at radius 1 is 1.08 bits per heavy atom. The van der Waals surface area contributed by atoms with E-state index in [1.165, 1.54) is 38.3 Å². The molecule has 0 saturated heterocycles. The van der Waals surface area contributed by atoms with Crippen molar-refractivity contribution in [3.8, 4) is 11.5 Å². The molecule has 1 amide bonds. The summed E-state index contributed by atoms with van der Waals surface area (Å²) in [6.07, 6.45) is -0.0933. The Balaban J connectivity index is 1.66. The fourth-order valence-corrected chi connectivity index (χ4v) is 6.01. The number of ether oxygens (including phenoxy) is 2. The van der Waals surface area contributed by atoms with Crippen LogP contribution in [0, 0.1) is 0 Å². The number of methoxy groups -OCH3 is 2. The molecule has 38 heavy (non-hydrogen) atoms. The quantitative estimate of drug-likeness (QED) is 0.356. The monoisotopic (exact) mass is 539 g/mol. The van der Waals surface area contributed by atoms with E-state index >= 15 is 0 Å². The Hall–Kier alpha value is -3.60. The predicted octanol–water partition coefficient (Wildman–Crippen LogP) is 3.20. The van der Waals surface area contributed by atoms with Gasteiger partial charge in [0, 0.05) is 18.7 Å². The van der Waals surface area contributed by atoms with Gasteiger partial charge in [0.05, 0.1) is 37.3 Å². The number of sulfonamides is 1. The molecule has 0 spiro atoms. The Bertz CT molecular complexity index is 1380. The van der Waals surface area contributed by atoms with Crippen LogP contribution in [0.1, 0.15) is 42.2 Å². The number of hydrogen-bond acceptors (Lipinski definition) is 7. The zero-order chi connectivity index (χ0) is 27.4. The fourth-order valence-electron chi connectivity index (χ4n) is 4.82. The molecule has 0 aliphatic carbocycles. The molecular weight excluding hydrogens is 506 g/mol. The Labute approximate surface area is 223 Å². The largest absolute Gasteiger partial charge is 0.493 e. The lowest BCUT2D eigenvalue weighted by Gasteiger charge is -2.40. The maximum absolute atomic E-state index is 13.7. The number of nitrogen functional groups attached to an aromatic ring is 1. The summed E-state index contributed by atoms with van der Waals surface area (Å²) in [6, 6.07) is 17.2. The second-order valence-electron chi connectivity index (χ2n) is 9.28. The third-order valence-electron chi connectivity index (χ3n) is 6.81. The number of aliphatic hydroxyl groups is 1. The molecule has 0 aromatic heterocycles. The normalized spacial score (nSPS) is 16.8. The number of carbonyl (C=O) groups is 1. The molecule has 1 aliphatic heterocycles. The zero-order valence-corrected chi connectivity index (χ0v) is 22.4. The Morgan fingerprint density at radius 2 is 1.71 bits per heavy atom. The van der Waals surface area contributed by atoms with E-state index in [1.807, 2.05) is 42.5 Å². The van der Waals surface area contributed by atoms with Gasteiger partial charge < -0.3 is 25.2 Å². The second-order valence-corrected chi connectivity index (χ2v) is 11.0. The van der Waals surface area contributed by atoms with Gasteiger partial charge in [0.2, 0.25) is 15.9 Å². The molecule has 3 aromatic rings. The highest BCUT2D eigenvalue weighted by Crippen LogP contribution is 2.41. The number of nitrogens with one attached hydrogen (secondary N) is 1. The highest BCUT2D eigenvalue weighted by Gasteiger charge is 2.36. The maximum atomic E-state index is 13.7. The number of fused-ring (bicyclic) bond motifs is 1. The van der Waals surface area contributed by atoms with Gasteiger partial charge in [0.1, 0.15) is 0 Å². The average Bonchev–Trinajstić information content (AvgIpc) is 2.92. The van der Waals surface area contributed by atoms with Crippen LogP contribution in [0.5, 0.6) is 11.5 Å². The smallest absolute Gasteiger partial charge is 0.241 e. The van der Waals surface area contributed by atoms with E-state index in [0.29, 0.717) is 30.2 Å². The number of nitrogens with two attached hydrogens (primary N) is 1. The summed E-state index contributed by atoms with van der Waals surface area (Å²) < 4.78 is 39.4. The first-order chi connectivity index (χ1) is 18.1. The summed E-state index contributed by atoms with van der Waals surface area (Å²) in [6.45, 7) is 1.87. The molecular formula is C28H33N3O6S. The van der Waals surface area contributed by atoms with Crippen LogP contribution in [0.2, 0.25) is 0 Å². The van der Waals surface area contributed by atoms with Crippen molar-refractivity contribution in [2.75, 3.05) is 26.5 Å². The van der Waals surface area contributed by atoms with Gasteiger partial charge in [-0.25, -0.2) is 8.42 Å². The first-order valence-electron chi connectivity index (χ1n) is 12.3. The lowest BCUT2D eigenvalue weighted by molar-refractivity contribution is -0.136. The zero-order valence-electron chi connectivity index (χ0n) is 21.6. The number of rotatable bonds is 9. The molecule has 3 atom stereocenters. The van der Waals surface area contributed by atoms with Crippen molar-refractivity contribution in [3.05, 3.63) is 83.4 Å². The van der Waals surface area contributed by atoms with Crippen molar-refractivity contribution in [1.29, 1.82) is 0 Å². The van der Waals surface area contributed by atoms with Crippen molar-refractivity contribution >= 4 is 21.6 Å². The molecule has 3 aromatic carbocycles. The van der Waals surface area contributed by atoms with Gasteiger partial charge in [0.25, 0.3) is 0 Å². The third-order valence-corrected chi connectivity index (χ3v) is 8.37. The number of hydrogen-bond donors (Lipinski definition) is 3. The number of anilines is 1. The van der Waals surface area contributed by atoms with Gasteiger partial charge in [-0.3, -0.25) is 4.79 Å². The SMILES string of the molecule is COc1cc2c(cc1OC)C(CC(O)c1ccccc1)N(C(=O)[C@H](C)NS(=O)(=O)c1ccc(N)cc1)CC2. The van der Waals surface area contributed by atoms with E-state index in [0.717, 1.165) is 16.7 Å². The average molecular weight is 540 g/mol. The van der Waals surface area contributed by atoms with Crippen LogP contribution >= 0.6 is 0 Å². The van der Waals surface area contributed by atoms with Crippen LogP contribution in [0.3, 0.4) is 0 Å². The highest BCUT2D eigenvalue weighted by molar-refractivity contribution is 7.89. The number of amides is 1. The summed E-state index contributed by atoms with van der Waals surface area (Å²) in [5, 5.41) is 11.1. The van der Waals surface area contributed by atoms with E-state index in [-0.39, 0.29) is 11.3 Å². The van der Waals surface area contributed by atoms with E-state index in [1.54, 1.807) is 12.0 Å². The fraction of sp³-hybridized carbons (Fsp3) is 0.321. The molecule has 1 heterocycles. The molecule has 0 radical (unpaired) electrons. The summed E-state index contributed by atoms with van der Waals surface area (Å²) in [7, 11) is -0.859. The van der Waals surface area contributed by atoms with Crippen molar-refractivity contribution < 1.29 is 27.8 Å². The molecule has 0 fully saturated rings. The highest BCUT2D eigenvalue weighted by atomic mass is 32.2. The topological polar surface area (TPSA) is 131 Å². The minimum Gasteiger partial charge on any atom is -0.493 e. The molecule has 4 rings (SSSR count). The van der Waals surface area contributed by atoms with Crippen LogP contribution in [0.15, 0.2) is 71.6 Å². The van der Waals surface area contributed by atoms with Gasteiger partial charge in [-0.2, -0.15) is 4.72 Å². The minimum absolute atomic E-state index is 0.0169. The lowest BCUT2D eigenvalue weighted by Crippen LogP contribution is -2.50. The standard InChI is InChI=1S/C28H33N3O6S/c1-18(30-38(34,35)22-11-9-21(29)10-12-22)28(33)31-14-13-20-15-26(36-2)27(37-3)16-23(20)24(31)17-25(32)19-7-5-4-6-8-19/h4-12,15-16,18,24-25,30,32H,13-14,17,29H2,1-3H3/t18-,24?,25?/m0/s1. The molecule has 2 unspecified atom stereocenters. The second kappa shape index (κ2) is 11.4.